The minimum Gasteiger partial charge on any atom is -0.325 e. The van der Waals surface area contributed by atoms with Gasteiger partial charge >= 0.3 is 0 Å². The molecule has 0 fully saturated rings. The van der Waals surface area contributed by atoms with Crippen LogP contribution in [-0.4, -0.2) is 35.5 Å². The number of rotatable bonds is 6. The lowest BCUT2D eigenvalue weighted by Gasteiger charge is -2.21. The van der Waals surface area contributed by atoms with Gasteiger partial charge in [-0.3, -0.25) is 9.00 Å². The number of anilines is 1. The number of aromatic amines is 1. The highest BCUT2D eigenvalue weighted by Crippen LogP contribution is 2.35. The van der Waals surface area contributed by atoms with Crippen molar-refractivity contribution in [3.05, 3.63) is 77.9 Å². The van der Waals surface area contributed by atoms with Crippen molar-refractivity contribution in [2.45, 2.75) is 43.8 Å². The molecule has 1 aromatic heterocycles. The topological polar surface area (TPSA) is 101 Å². The summed E-state index contributed by atoms with van der Waals surface area (Å²) in [6.07, 6.45) is 0.228. The van der Waals surface area contributed by atoms with Crippen LogP contribution in [-0.2, 0) is 22.0 Å². The molecule has 3 aromatic carbocycles. The van der Waals surface area contributed by atoms with Crippen LogP contribution in [0.2, 0.25) is 0 Å². The molecule has 34 heavy (non-hydrogen) atoms. The molecule has 1 amide bonds. The van der Waals surface area contributed by atoms with Crippen LogP contribution in [0.15, 0.2) is 71.6 Å². The lowest BCUT2D eigenvalue weighted by atomic mass is 9.99. The Morgan fingerprint density at radius 1 is 1.00 bits per heavy atom. The van der Waals surface area contributed by atoms with E-state index in [1.54, 1.807) is 0 Å². The first-order valence-electron chi connectivity index (χ1n) is 11.0. The van der Waals surface area contributed by atoms with Gasteiger partial charge in [-0.1, -0.05) is 60.2 Å². The highest BCUT2D eigenvalue weighted by molar-refractivity contribution is 7.86. The molecule has 1 unspecified atom stereocenters. The monoisotopic (exact) mass is 473 g/mol. The summed E-state index contributed by atoms with van der Waals surface area (Å²) in [6.45, 7) is 7.76. The van der Waals surface area contributed by atoms with E-state index in [1.165, 1.54) is 0 Å². The summed E-state index contributed by atoms with van der Waals surface area (Å²) >= 11 is 0. The molecule has 0 saturated heterocycles. The second kappa shape index (κ2) is 9.69. The molecule has 0 aliphatic heterocycles. The third-order valence-corrected chi connectivity index (χ3v) is 7.19. The van der Waals surface area contributed by atoms with E-state index in [0.29, 0.717) is 16.4 Å². The number of benzene rings is 3. The van der Waals surface area contributed by atoms with Gasteiger partial charge in [-0.25, -0.2) is 0 Å². The van der Waals surface area contributed by atoms with Crippen molar-refractivity contribution in [2.24, 2.45) is 0 Å². The van der Waals surface area contributed by atoms with Crippen LogP contribution >= 0.6 is 0 Å². The second-order valence-electron chi connectivity index (χ2n) is 9.08. The van der Waals surface area contributed by atoms with Crippen molar-refractivity contribution < 1.29 is 9.00 Å². The van der Waals surface area contributed by atoms with Crippen molar-refractivity contribution in [2.75, 3.05) is 5.32 Å². The summed E-state index contributed by atoms with van der Waals surface area (Å²) < 4.78 is 12.8. The van der Waals surface area contributed by atoms with Crippen LogP contribution in [0.1, 0.15) is 31.9 Å². The van der Waals surface area contributed by atoms with E-state index in [2.05, 4.69) is 25.9 Å². The van der Waals surface area contributed by atoms with E-state index in [-0.39, 0.29) is 12.3 Å². The zero-order valence-electron chi connectivity index (χ0n) is 19.6. The van der Waals surface area contributed by atoms with Gasteiger partial charge in [0.05, 0.1) is 27.8 Å². The molecule has 8 heteroatoms. The van der Waals surface area contributed by atoms with Gasteiger partial charge < -0.3 is 5.32 Å². The van der Waals surface area contributed by atoms with Crippen LogP contribution in [0.3, 0.4) is 0 Å². The zero-order valence-corrected chi connectivity index (χ0v) is 20.4. The minimum absolute atomic E-state index is 0.167. The summed E-state index contributed by atoms with van der Waals surface area (Å²) in [6, 6.07) is 21.2. The third-order valence-electron chi connectivity index (χ3n) is 5.32. The van der Waals surface area contributed by atoms with Gasteiger partial charge in [0, 0.05) is 10.3 Å². The number of tetrazole rings is 1. The molecule has 4 aromatic rings. The molecule has 0 aliphatic carbocycles. The average molecular weight is 474 g/mol. The molecule has 1 atom stereocenters. The fourth-order valence-corrected chi connectivity index (χ4v) is 4.74. The number of nitrogens with zero attached hydrogens (tertiary/aromatic N) is 3. The van der Waals surface area contributed by atoms with Gasteiger partial charge in [-0.15, -0.1) is 10.2 Å². The molecule has 1 heterocycles. The van der Waals surface area contributed by atoms with Gasteiger partial charge in [0.25, 0.3) is 0 Å². The largest absolute Gasteiger partial charge is 0.325 e. The van der Waals surface area contributed by atoms with E-state index in [1.807, 2.05) is 94.4 Å². The smallest absolute Gasteiger partial charge is 0.228 e. The van der Waals surface area contributed by atoms with Crippen molar-refractivity contribution >= 4 is 22.4 Å². The molecule has 0 spiro atoms. The van der Waals surface area contributed by atoms with Crippen molar-refractivity contribution in [1.29, 1.82) is 0 Å². The summed E-state index contributed by atoms with van der Waals surface area (Å²) in [4.78, 5) is 13.5. The molecule has 7 nitrogen and oxygen atoms in total. The number of nitrogens with one attached hydrogen (secondary N) is 2. The molecule has 4 rings (SSSR count). The van der Waals surface area contributed by atoms with Crippen LogP contribution in [0.4, 0.5) is 5.69 Å². The fourth-order valence-electron chi connectivity index (χ4n) is 3.58. The summed E-state index contributed by atoms with van der Waals surface area (Å²) in [5.74, 6) is 0.308. The van der Waals surface area contributed by atoms with Crippen LogP contribution in [0.5, 0.6) is 0 Å². The number of hydrogen-bond donors (Lipinski definition) is 2. The standard InChI is InChI=1S/C26H27N5O2S/c1-17-9-11-18(12-10-17)15-24(32)27-22-16-19(13-14-23(22)34(33)26(2,3)4)20-7-5-6-8-21(20)25-28-30-31-29-25/h5-14,16H,15H2,1-4H3,(H,27,32)(H,28,29,30,31). The van der Waals surface area contributed by atoms with Gasteiger partial charge in [-0.2, -0.15) is 5.21 Å². The number of aryl methyl sites for hydroxylation is 1. The summed E-state index contributed by atoms with van der Waals surface area (Å²) in [7, 11) is -1.33. The van der Waals surface area contributed by atoms with E-state index in [4.69, 9.17) is 0 Å². The number of amides is 1. The van der Waals surface area contributed by atoms with Crippen LogP contribution in [0.25, 0.3) is 22.5 Å². The molecule has 0 radical (unpaired) electrons. The molecule has 0 aliphatic rings. The Kier molecular flexibility index (Phi) is 6.70. The van der Waals surface area contributed by atoms with Crippen molar-refractivity contribution in [3.8, 4) is 22.5 Å². The lowest BCUT2D eigenvalue weighted by molar-refractivity contribution is -0.115. The Morgan fingerprint density at radius 3 is 2.35 bits per heavy atom. The van der Waals surface area contributed by atoms with Crippen LogP contribution in [0, 0.1) is 6.92 Å². The average Bonchev–Trinajstić information content (AvgIpc) is 3.34. The molecule has 2 N–H and O–H groups in total. The SMILES string of the molecule is Cc1ccc(CC(=O)Nc2cc(-c3ccccc3-c3nn[nH]n3)ccc2S(=O)C(C)(C)C)cc1. The molecule has 174 valence electrons. The maximum atomic E-state index is 13.3. The number of carbonyl (C=O) groups is 1. The Balaban J connectivity index is 1.73. The van der Waals surface area contributed by atoms with Gasteiger partial charge in [0.2, 0.25) is 11.7 Å². The Hall–Kier alpha value is -3.65. The second-order valence-corrected chi connectivity index (χ2v) is 11.3. The van der Waals surface area contributed by atoms with E-state index in [0.717, 1.165) is 27.8 Å². The minimum atomic E-state index is -1.33. The lowest BCUT2D eigenvalue weighted by Crippen LogP contribution is -2.24. The summed E-state index contributed by atoms with van der Waals surface area (Å²) in [5.41, 5.74) is 5.12. The number of H-pyrrole nitrogens is 1. The number of carbonyl (C=O) groups excluding carboxylic acids is 1. The predicted octanol–water partition coefficient (Wildman–Crippen LogP) is 4.93. The van der Waals surface area contributed by atoms with Gasteiger partial charge in [0.15, 0.2) is 0 Å². The van der Waals surface area contributed by atoms with Crippen LogP contribution < -0.4 is 5.32 Å². The molecular formula is C26H27N5O2S. The highest BCUT2D eigenvalue weighted by atomic mass is 32.2. The Bertz CT molecular complexity index is 1330. The number of hydrogen-bond acceptors (Lipinski definition) is 5. The normalized spacial score (nSPS) is 12.4. The molecular weight excluding hydrogens is 446 g/mol. The first kappa shape index (κ1) is 23.5. The van der Waals surface area contributed by atoms with Gasteiger partial charge in [-0.05, 0) is 61.7 Å². The van der Waals surface area contributed by atoms with E-state index >= 15 is 0 Å². The van der Waals surface area contributed by atoms with Gasteiger partial charge in [0.1, 0.15) is 0 Å². The molecule has 0 bridgehead atoms. The van der Waals surface area contributed by atoms with Crippen molar-refractivity contribution in [3.63, 3.8) is 0 Å². The number of aromatic nitrogens is 4. The Labute approximate surface area is 201 Å². The quantitative estimate of drug-likeness (QED) is 0.414. The third kappa shape index (κ3) is 5.28. The van der Waals surface area contributed by atoms with E-state index in [9.17, 15) is 9.00 Å². The predicted molar refractivity (Wildman–Crippen MR) is 135 cm³/mol. The summed E-state index contributed by atoms with van der Waals surface area (Å²) in [5, 5.41) is 17.4. The maximum absolute atomic E-state index is 13.3. The van der Waals surface area contributed by atoms with E-state index < -0.39 is 15.5 Å². The maximum Gasteiger partial charge on any atom is 0.228 e. The first-order valence-corrected chi connectivity index (χ1v) is 12.1. The first-order chi connectivity index (χ1) is 16.2. The molecule has 0 saturated carbocycles. The zero-order chi connectivity index (χ0) is 24.3. The fraction of sp³-hybridized carbons (Fsp3) is 0.231. The Morgan fingerprint density at radius 2 is 1.71 bits per heavy atom. The van der Waals surface area contributed by atoms with Crippen molar-refractivity contribution in [1.82, 2.24) is 20.6 Å². The highest BCUT2D eigenvalue weighted by Gasteiger charge is 2.25.